The predicted octanol–water partition coefficient (Wildman–Crippen LogP) is 3.48. The summed E-state index contributed by atoms with van der Waals surface area (Å²) in [5.41, 5.74) is 3.86. The van der Waals surface area contributed by atoms with E-state index in [2.05, 4.69) is 35.5 Å². The number of amides is 1. The van der Waals surface area contributed by atoms with E-state index in [1.54, 1.807) is 10.9 Å². The summed E-state index contributed by atoms with van der Waals surface area (Å²) in [5.74, 6) is 1.19. The highest BCUT2D eigenvalue weighted by molar-refractivity contribution is 6.05. The summed E-state index contributed by atoms with van der Waals surface area (Å²) < 4.78 is 1.66. The maximum atomic E-state index is 12.5. The van der Waals surface area contributed by atoms with Crippen LogP contribution in [-0.2, 0) is 7.05 Å². The average Bonchev–Trinajstić information content (AvgIpc) is 3.41. The van der Waals surface area contributed by atoms with Crippen molar-refractivity contribution in [3.05, 3.63) is 47.3 Å². The molecule has 0 radical (unpaired) electrons. The molecule has 23 heavy (non-hydrogen) atoms. The van der Waals surface area contributed by atoms with Gasteiger partial charge >= 0.3 is 0 Å². The van der Waals surface area contributed by atoms with Crippen LogP contribution in [0.25, 0.3) is 0 Å². The maximum absolute atomic E-state index is 12.5. The van der Waals surface area contributed by atoms with Crippen LogP contribution in [0.1, 0.15) is 53.7 Å². The van der Waals surface area contributed by atoms with Gasteiger partial charge in [-0.05, 0) is 67.2 Å². The van der Waals surface area contributed by atoms with Crippen molar-refractivity contribution in [2.24, 2.45) is 18.4 Å². The van der Waals surface area contributed by atoms with Gasteiger partial charge in [0.25, 0.3) is 5.91 Å². The zero-order valence-electron chi connectivity index (χ0n) is 13.8. The Kier molecular flexibility index (Phi) is 3.02. The average molecular weight is 307 g/mol. The van der Waals surface area contributed by atoms with Crippen LogP contribution in [-0.4, -0.2) is 15.7 Å². The van der Waals surface area contributed by atoms with Crippen LogP contribution in [0.3, 0.4) is 0 Å². The predicted molar refractivity (Wildman–Crippen MR) is 88.2 cm³/mol. The lowest BCUT2D eigenvalue weighted by molar-refractivity contribution is 0.102. The van der Waals surface area contributed by atoms with Crippen LogP contribution in [0, 0.1) is 30.4 Å². The van der Waals surface area contributed by atoms with Crippen LogP contribution in [0.5, 0.6) is 0 Å². The zero-order chi connectivity index (χ0) is 16.2. The van der Waals surface area contributed by atoms with E-state index in [4.69, 9.17) is 0 Å². The summed E-state index contributed by atoms with van der Waals surface area (Å²) in [6.45, 7) is 4.23. The molecule has 0 saturated heterocycles. The van der Waals surface area contributed by atoms with Gasteiger partial charge in [-0.25, -0.2) is 0 Å². The van der Waals surface area contributed by atoms with E-state index in [1.807, 2.05) is 20.0 Å². The highest BCUT2D eigenvalue weighted by Gasteiger charge is 2.56. The fourth-order valence-electron chi connectivity index (χ4n) is 3.69. The first kappa shape index (κ1) is 14.3. The molecule has 2 aliphatic rings. The first-order chi connectivity index (χ1) is 11.0. The van der Waals surface area contributed by atoms with Crippen LogP contribution >= 0.6 is 0 Å². The van der Waals surface area contributed by atoms with Gasteiger partial charge in [-0.15, -0.1) is 0 Å². The first-order valence-corrected chi connectivity index (χ1v) is 8.22. The number of carbonyl (C=O) groups excluding carboxylic acids is 1. The monoisotopic (exact) mass is 307 g/mol. The standard InChI is InChI=1S/C19H21N3O/c1-12-15(11-22(3)21-12)18(23)20-17-7-5-4-6-13(17)14-10-16(14)19(2)8-9-19/h4,6,11,14,16H,8-10H2,1-3H3,(H,20,23)/t14-,16-/m0/s1. The molecule has 2 atom stereocenters. The first-order valence-electron chi connectivity index (χ1n) is 8.22. The van der Waals surface area contributed by atoms with E-state index >= 15 is 0 Å². The molecule has 0 bridgehead atoms. The lowest BCUT2D eigenvalue weighted by atomic mass is 9.98. The Morgan fingerprint density at radius 2 is 2.26 bits per heavy atom. The Labute approximate surface area is 136 Å². The molecule has 4 heteroatoms. The summed E-state index contributed by atoms with van der Waals surface area (Å²) in [4.78, 5) is 12.5. The number of hydrogen-bond acceptors (Lipinski definition) is 2. The Balaban J connectivity index is 1.56. The molecule has 118 valence electrons. The molecule has 2 aliphatic carbocycles. The van der Waals surface area contributed by atoms with E-state index in [-0.39, 0.29) is 5.91 Å². The third kappa shape index (κ3) is 2.50. The van der Waals surface area contributed by atoms with Crippen molar-refractivity contribution in [2.45, 2.75) is 39.0 Å². The normalized spacial score (nSPS) is 24.0. The minimum Gasteiger partial charge on any atom is -0.315 e. The van der Waals surface area contributed by atoms with Gasteiger partial charge in [0.05, 0.1) is 16.9 Å². The van der Waals surface area contributed by atoms with E-state index in [0.29, 0.717) is 16.9 Å². The van der Waals surface area contributed by atoms with Gasteiger partial charge in [0.2, 0.25) is 0 Å². The number of hydrogen-bond donors (Lipinski definition) is 1. The molecule has 2 aromatic rings. The van der Waals surface area contributed by atoms with Gasteiger partial charge in [-0.2, -0.15) is 5.10 Å². The molecule has 0 spiro atoms. The maximum Gasteiger partial charge on any atom is 0.259 e. The van der Waals surface area contributed by atoms with Gasteiger partial charge in [0, 0.05) is 13.2 Å². The molecule has 0 aliphatic heterocycles. The number of aryl methyl sites for hydroxylation is 2. The molecule has 2 fully saturated rings. The summed E-state index contributed by atoms with van der Waals surface area (Å²) in [6, 6.07) is 10.0. The molecule has 1 aromatic carbocycles. The van der Waals surface area contributed by atoms with E-state index < -0.39 is 0 Å². The summed E-state index contributed by atoms with van der Waals surface area (Å²) in [6.07, 6.45) is 5.66. The molecule has 4 rings (SSSR count). The van der Waals surface area contributed by atoms with Crippen LogP contribution in [0.2, 0.25) is 0 Å². The Morgan fingerprint density at radius 1 is 1.48 bits per heavy atom. The fraction of sp³-hybridized carbons (Fsp3) is 0.474. The van der Waals surface area contributed by atoms with Crippen LogP contribution < -0.4 is 5.32 Å². The van der Waals surface area contributed by atoms with Crippen LogP contribution in [0.15, 0.2) is 18.3 Å². The molecule has 1 N–H and O–H groups in total. The molecule has 1 heterocycles. The van der Waals surface area contributed by atoms with Crippen molar-refractivity contribution in [2.75, 3.05) is 5.32 Å². The lowest BCUT2D eigenvalue weighted by Gasteiger charge is -2.10. The highest BCUT2D eigenvalue weighted by atomic mass is 16.1. The smallest absolute Gasteiger partial charge is 0.259 e. The Bertz CT molecular complexity index is 773. The molecular weight excluding hydrogens is 286 g/mol. The quantitative estimate of drug-likeness (QED) is 0.940. The number of anilines is 1. The van der Waals surface area contributed by atoms with Gasteiger partial charge in [-0.1, -0.05) is 13.0 Å². The van der Waals surface area contributed by atoms with E-state index in [0.717, 1.165) is 17.3 Å². The van der Waals surface area contributed by atoms with Gasteiger partial charge in [-0.3, -0.25) is 9.48 Å². The van der Waals surface area contributed by atoms with Gasteiger partial charge < -0.3 is 5.32 Å². The Morgan fingerprint density at radius 3 is 2.91 bits per heavy atom. The van der Waals surface area contributed by atoms with Crippen molar-refractivity contribution >= 4 is 11.6 Å². The fourth-order valence-corrected chi connectivity index (χ4v) is 3.69. The molecule has 4 nitrogen and oxygen atoms in total. The third-order valence-corrected chi connectivity index (χ3v) is 5.45. The molecule has 0 unspecified atom stereocenters. The van der Waals surface area contributed by atoms with Crippen molar-refractivity contribution in [1.29, 1.82) is 0 Å². The minimum atomic E-state index is -0.123. The summed E-state index contributed by atoms with van der Waals surface area (Å²) >= 11 is 0. The van der Waals surface area contributed by atoms with E-state index in [9.17, 15) is 4.79 Å². The van der Waals surface area contributed by atoms with Crippen molar-refractivity contribution in [3.8, 4) is 0 Å². The molecule has 2 saturated carbocycles. The highest BCUT2D eigenvalue weighted by Crippen LogP contribution is 2.67. The number of nitrogens with zero attached hydrogens (tertiary/aromatic N) is 2. The van der Waals surface area contributed by atoms with Crippen molar-refractivity contribution in [1.82, 2.24) is 9.78 Å². The number of nitrogens with one attached hydrogen (secondary N) is 1. The number of rotatable bonds is 4. The number of carbonyl (C=O) groups is 1. The van der Waals surface area contributed by atoms with Crippen molar-refractivity contribution in [3.63, 3.8) is 0 Å². The summed E-state index contributed by atoms with van der Waals surface area (Å²) in [5, 5.41) is 7.25. The molecule has 1 amide bonds. The second-order valence-electron chi connectivity index (χ2n) is 7.29. The number of aromatic nitrogens is 2. The lowest BCUT2D eigenvalue weighted by Crippen LogP contribution is -2.13. The minimum absolute atomic E-state index is 0.123. The van der Waals surface area contributed by atoms with E-state index in [1.165, 1.54) is 24.8 Å². The second-order valence-corrected chi connectivity index (χ2v) is 7.29. The zero-order valence-corrected chi connectivity index (χ0v) is 13.8. The molecular formula is C19H21N3O. The largest absolute Gasteiger partial charge is 0.315 e. The van der Waals surface area contributed by atoms with Gasteiger partial charge in [0.15, 0.2) is 0 Å². The third-order valence-electron chi connectivity index (χ3n) is 5.45. The Hall–Kier alpha value is -2.28. The summed E-state index contributed by atoms with van der Waals surface area (Å²) in [7, 11) is 1.82. The topological polar surface area (TPSA) is 46.9 Å². The van der Waals surface area contributed by atoms with Gasteiger partial charge in [0.1, 0.15) is 0 Å². The second kappa shape index (κ2) is 4.86. The van der Waals surface area contributed by atoms with Crippen molar-refractivity contribution < 1.29 is 4.79 Å². The van der Waals surface area contributed by atoms with Crippen LogP contribution in [0.4, 0.5) is 5.69 Å². The molecule has 1 aromatic heterocycles. The SMILES string of the molecule is Cc1nn(C)cc1C(=O)Nc1c#cccc1[C@@H]1C[C@@H]1C1(C)CC1.